The molecule has 2 rings (SSSR count). The molecule has 1 heterocycles. The summed E-state index contributed by atoms with van der Waals surface area (Å²) >= 11 is 1.90. The van der Waals surface area contributed by atoms with Gasteiger partial charge in [0.2, 0.25) is 0 Å². The van der Waals surface area contributed by atoms with Gasteiger partial charge in [-0.3, -0.25) is 0 Å². The summed E-state index contributed by atoms with van der Waals surface area (Å²) in [7, 11) is 0. The summed E-state index contributed by atoms with van der Waals surface area (Å²) in [6.07, 6.45) is 11.3. The molecule has 102 valence electrons. The zero-order chi connectivity index (χ0) is 12.6. The second-order valence-corrected chi connectivity index (χ2v) is 6.64. The van der Waals surface area contributed by atoms with Crippen LogP contribution in [-0.4, -0.2) is 12.6 Å². The van der Waals surface area contributed by atoms with Crippen molar-refractivity contribution in [2.24, 2.45) is 5.92 Å². The van der Waals surface area contributed by atoms with Crippen molar-refractivity contribution in [2.75, 3.05) is 6.54 Å². The predicted octanol–water partition coefficient (Wildman–Crippen LogP) is 4.63. The lowest BCUT2D eigenvalue weighted by Gasteiger charge is -2.27. The SMILES string of the molecule is CCNC(CCc1cccs1)CC1CCCCC1. The molecular formula is C16H27NS. The van der Waals surface area contributed by atoms with Gasteiger partial charge in [-0.15, -0.1) is 11.3 Å². The van der Waals surface area contributed by atoms with E-state index in [-0.39, 0.29) is 0 Å². The maximum absolute atomic E-state index is 3.70. The second-order valence-electron chi connectivity index (χ2n) is 5.61. The highest BCUT2D eigenvalue weighted by Gasteiger charge is 2.18. The first-order valence-electron chi connectivity index (χ1n) is 7.64. The van der Waals surface area contributed by atoms with Gasteiger partial charge in [-0.05, 0) is 43.2 Å². The molecule has 0 amide bonds. The molecular weight excluding hydrogens is 238 g/mol. The molecule has 1 aromatic rings. The maximum Gasteiger partial charge on any atom is 0.00730 e. The molecule has 1 unspecified atom stereocenters. The van der Waals surface area contributed by atoms with Crippen LogP contribution in [0.5, 0.6) is 0 Å². The van der Waals surface area contributed by atoms with Crippen LogP contribution in [0.15, 0.2) is 17.5 Å². The largest absolute Gasteiger partial charge is 0.314 e. The highest BCUT2D eigenvalue weighted by molar-refractivity contribution is 7.09. The van der Waals surface area contributed by atoms with Crippen molar-refractivity contribution in [1.82, 2.24) is 5.32 Å². The topological polar surface area (TPSA) is 12.0 Å². The lowest BCUT2D eigenvalue weighted by molar-refractivity contribution is 0.293. The van der Waals surface area contributed by atoms with Gasteiger partial charge in [-0.2, -0.15) is 0 Å². The molecule has 1 nitrogen and oxygen atoms in total. The fourth-order valence-corrected chi connectivity index (χ4v) is 3.91. The molecule has 1 fully saturated rings. The van der Waals surface area contributed by atoms with Crippen molar-refractivity contribution in [3.63, 3.8) is 0 Å². The monoisotopic (exact) mass is 265 g/mol. The molecule has 0 bridgehead atoms. The number of hydrogen-bond donors (Lipinski definition) is 1. The highest BCUT2D eigenvalue weighted by atomic mass is 32.1. The van der Waals surface area contributed by atoms with Crippen molar-refractivity contribution in [3.8, 4) is 0 Å². The van der Waals surface area contributed by atoms with Gasteiger partial charge in [0.1, 0.15) is 0 Å². The zero-order valence-corrected chi connectivity index (χ0v) is 12.5. The summed E-state index contributed by atoms with van der Waals surface area (Å²) in [5, 5.41) is 5.89. The van der Waals surface area contributed by atoms with Gasteiger partial charge >= 0.3 is 0 Å². The average molecular weight is 265 g/mol. The van der Waals surface area contributed by atoms with Gasteiger partial charge in [-0.25, -0.2) is 0 Å². The summed E-state index contributed by atoms with van der Waals surface area (Å²) in [6, 6.07) is 5.18. The molecule has 0 aromatic carbocycles. The van der Waals surface area contributed by atoms with Gasteiger partial charge in [-0.1, -0.05) is 45.1 Å². The van der Waals surface area contributed by atoms with E-state index in [0.29, 0.717) is 0 Å². The quantitative estimate of drug-likeness (QED) is 0.758. The number of aryl methyl sites for hydroxylation is 1. The molecule has 1 N–H and O–H groups in total. The van der Waals surface area contributed by atoms with E-state index < -0.39 is 0 Å². The summed E-state index contributed by atoms with van der Waals surface area (Å²) < 4.78 is 0. The molecule has 1 atom stereocenters. The van der Waals surface area contributed by atoms with Gasteiger partial charge < -0.3 is 5.32 Å². The Morgan fingerprint density at radius 3 is 2.83 bits per heavy atom. The Labute approximate surface area is 116 Å². The second kappa shape index (κ2) is 7.96. The third-order valence-electron chi connectivity index (χ3n) is 4.15. The Morgan fingerprint density at radius 2 is 2.17 bits per heavy atom. The Kier molecular flexibility index (Phi) is 6.22. The van der Waals surface area contributed by atoms with E-state index in [4.69, 9.17) is 0 Å². The standard InChI is InChI=1S/C16H27NS/c1-2-17-15(10-11-16-9-6-12-18-16)13-14-7-4-3-5-8-14/h6,9,12,14-15,17H,2-5,7-8,10-11,13H2,1H3. The van der Waals surface area contributed by atoms with Crippen molar-refractivity contribution in [2.45, 2.75) is 64.3 Å². The summed E-state index contributed by atoms with van der Waals surface area (Å²) in [4.78, 5) is 1.54. The van der Waals surface area contributed by atoms with E-state index in [1.165, 1.54) is 51.4 Å². The van der Waals surface area contributed by atoms with Gasteiger partial charge in [0.15, 0.2) is 0 Å². The Bertz CT molecular complexity index is 301. The number of rotatable bonds is 7. The van der Waals surface area contributed by atoms with Crippen LogP contribution in [0.3, 0.4) is 0 Å². The van der Waals surface area contributed by atoms with Gasteiger partial charge in [0, 0.05) is 10.9 Å². The smallest absolute Gasteiger partial charge is 0.00730 e. The molecule has 0 saturated heterocycles. The molecule has 0 aliphatic heterocycles. The molecule has 1 aliphatic carbocycles. The van der Waals surface area contributed by atoms with Crippen LogP contribution >= 0.6 is 11.3 Å². The first-order chi connectivity index (χ1) is 8.88. The fraction of sp³-hybridized carbons (Fsp3) is 0.750. The van der Waals surface area contributed by atoms with Crippen molar-refractivity contribution in [1.29, 1.82) is 0 Å². The van der Waals surface area contributed by atoms with E-state index in [2.05, 4.69) is 29.8 Å². The fourth-order valence-electron chi connectivity index (χ4n) is 3.19. The minimum Gasteiger partial charge on any atom is -0.314 e. The van der Waals surface area contributed by atoms with E-state index >= 15 is 0 Å². The normalized spacial score (nSPS) is 18.9. The van der Waals surface area contributed by atoms with Crippen molar-refractivity contribution < 1.29 is 0 Å². The highest BCUT2D eigenvalue weighted by Crippen LogP contribution is 2.28. The van der Waals surface area contributed by atoms with E-state index in [1.807, 2.05) is 11.3 Å². The van der Waals surface area contributed by atoms with E-state index in [0.717, 1.165) is 18.5 Å². The average Bonchev–Trinajstić information content (AvgIpc) is 2.91. The van der Waals surface area contributed by atoms with Crippen LogP contribution in [-0.2, 0) is 6.42 Å². The van der Waals surface area contributed by atoms with Crippen LogP contribution in [0.25, 0.3) is 0 Å². The first-order valence-corrected chi connectivity index (χ1v) is 8.52. The third-order valence-corrected chi connectivity index (χ3v) is 5.09. The van der Waals surface area contributed by atoms with Crippen LogP contribution < -0.4 is 5.32 Å². The van der Waals surface area contributed by atoms with Crippen molar-refractivity contribution >= 4 is 11.3 Å². The molecule has 0 radical (unpaired) electrons. The molecule has 18 heavy (non-hydrogen) atoms. The predicted molar refractivity (Wildman–Crippen MR) is 81.3 cm³/mol. The minimum atomic E-state index is 0.736. The summed E-state index contributed by atoms with van der Waals surface area (Å²) in [6.45, 7) is 3.35. The Morgan fingerprint density at radius 1 is 1.33 bits per heavy atom. The number of hydrogen-bond acceptors (Lipinski definition) is 2. The number of thiophene rings is 1. The van der Waals surface area contributed by atoms with Crippen molar-refractivity contribution in [3.05, 3.63) is 22.4 Å². The van der Waals surface area contributed by atoms with Gasteiger partial charge in [0.25, 0.3) is 0 Å². The van der Waals surface area contributed by atoms with Crippen LogP contribution in [0, 0.1) is 5.92 Å². The third kappa shape index (κ3) is 4.74. The van der Waals surface area contributed by atoms with E-state index in [1.54, 1.807) is 4.88 Å². The maximum atomic E-state index is 3.70. The number of nitrogens with one attached hydrogen (secondary N) is 1. The minimum absolute atomic E-state index is 0.736. The van der Waals surface area contributed by atoms with Crippen LogP contribution in [0.2, 0.25) is 0 Å². The van der Waals surface area contributed by atoms with Gasteiger partial charge in [0.05, 0.1) is 0 Å². The Balaban J connectivity index is 1.75. The molecule has 1 aliphatic rings. The molecule has 2 heteroatoms. The van der Waals surface area contributed by atoms with E-state index in [9.17, 15) is 0 Å². The summed E-state index contributed by atoms with van der Waals surface area (Å²) in [5.41, 5.74) is 0. The lowest BCUT2D eigenvalue weighted by Crippen LogP contribution is -2.32. The van der Waals surface area contributed by atoms with Crippen LogP contribution in [0.1, 0.15) is 56.7 Å². The molecule has 1 aromatic heterocycles. The Hall–Kier alpha value is -0.340. The first kappa shape index (κ1) is 14.1. The molecule has 1 saturated carbocycles. The zero-order valence-electron chi connectivity index (χ0n) is 11.7. The lowest BCUT2D eigenvalue weighted by atomic mass is 9.84. The molecule has 0 spiro atoms. The summed E-state index contributed by atoms with van der Waals surface area (Å²) in [5.74, 6) is 0.992. The van der Waals surface area contributed by atoms with Crippen LogP contribution in [0.4, 0.5) is 0 Å².